The number of benzene rings is 1. The molecule has 1 spiro atoms. The predicted molar refractivity (Wildman–Crippen MR) is 90.2 cm³/mol. The molecule has 1 heterocycles. The van der Waals surface area contributed by atoms with Crippen LogP contribution in [0.1, 0.15) is 31.2 Å². The van der Waals surface area contributed by atoms with Gasteiger partial charge >= 0.3 is 0 Å². The molecule has 2 aliphatic rings. The highest BCUT2D eigenvalue weighted by Crippen LogP contribution is 2.41. The fraction of sp³-hybridized carbons (Fsp3) is 0.562. The lowest BCUT2D eigenvalue weighted by Crippen LogP contribution is -2.21. The van der Waals surface area contributed by atoms with Crippen LogP contribution in [0.2, 0.25) is 0 Å². The molecule has 1 aromatic carbocycles. The van der Waals surface area contributed by atoms with Gasteiger partial charge in [-0.15, -0.1) is 0 Å². The fourth-order valence-electron chi connectivity index (χ4n) is 3.13. The molecule has 4 heteroatoms. The zero-order valence-corrected chi connectivity index (χ0v) is 13.4. The molecule has 0 aromatic heterocycles. The second-order valence-corrected chi connectivity index (χ2v) is 7.12. The third-order valence-electron chi connectivity index (χ3n) is 4.29. The Hall–Kier alpha value is -1.16. The van der Waals surface area contributed by atoms with Crippen molar-refractivity contribution < 1.29 is 0 Å². The number of nitrogens with one attached hydrogen (secondary N) is 1. The molecular weight excluding hydrogens is 266 g/mol. The van der Waals surface area contributed by atoms with Gasteiger partial charge in [0.2, 0.25) is 0 Å². The van der Waals surface area contributed by atoms with Crippen LogP contribution in [0, 0.1) is 6.92 Å². The number of nitrogens with zero attached hydrogens (tertiary/aromatic N) is 2. The van der Waals surface area contributed by atoms with E-state index in [-0.39, 0.29) is 5.54 Å². The molecule has 3 nitrogen and oxygen atoms in total. The van der Waals surface area contributed by atoms with Gasteiger partial charge in [0.1, 0.15) is 0 Å². The van der Waals surface area contributed by atoms with Crippen molar-refractivity contribution in [2.45, 2.75) is 38.1 Å². The third kappa shape index (κ3) is 2.66. The summed E-state index contributed by atoms with van der Waals surface area (Å²) < 4.78 is 0. The van der Waals surface area contributed by atoms with Gasteiger partial charge in [0.15, 0.2) is 5.17 Å². The average Bonchev–Trinajstić information content (AvgIpc) is 3.03. The van der Waals surface area contributed by atoms with Crippen LogP contribution >= 0.6 is 11.8 Å². The van der Waals surface area contributed by atoms with Crippen LogP contribution in [0.15, 0.2) is 23.2 Å². The number of anilines is 2. The largest absolute Gasteiger partial charge is 0.377 e. The number of hydrogen-bond donors (Lipinski definition) is 1. The van der Waals surface area contributed by atoms with Crippen molar-refractivity contribution in [3.05, 3.63) is 23.8 Å². The van der Waals surface area contributed by atoms with Gasteiger partial charge in [0.25, 0.3) is 0 Å². The van der Waals surface area contributed by atoms with Crippen molar-refractivity contribution in [2.75, 3.05) is 30.1 Å². The molecule has 0 saturated heterocycles. The van der Waals surface area contributed by atoms with E-state index in [2.05, 4.69) is 49.4 Å². The molecule has 1 N–H and O–H groups in total. The van der Waals surface area contributed by atoms with E-state index < -0.39 is 0 Å². The van der Waals surface area contributed by atoms with E-state index in [0.717, 1.165) is 16.6 Å². The summed E-state index contributed by atoms with van der Waals surface area (Å²) in [6.07, 6.45) is 5.21. The van der Waals surface area contributed by atoms with Gasteiger partial charge in [-0.2, -0.15) is 0 Å². The molecule has 1 aromatic rings. The molecule has 20 heavy (non-hydrogen) atoms. The summed E-state index contributed by atoms with van der Waals surface area (Å²) in [5.41, 5.74) is 3.95. The zero-order valence-electron chi connectivity index (χ0n) is 12.6. The maximum absolute atomic E-state index is 4.97. The Labute approximate surface area is 125 Å². The van der Waals surface area contributed by atoms with Crippen molar-refractivity contribution in [1.29, 1.82) is 0 Å². The molecule has 1 aliphatic carbocycles. The summed E-state index contributed by atoms with van der Waals surface area (Å²) in [5, 5.41) is 4.60. The average molecular weight is 289 g/mol. The molecule has 1 saturated carbocycles. The number of rotatable bonds is 2. The lowest BCUT2D eigenvalue weighted by molar-refractivity contribution is 0.508. The molecule has 0 bridgehead atoms. The van der Waals surface area contributed by atoms with Gasteiger partial charge < -0.3 is 10.2 Å². The minimum absolute atomic E-state index is 0.252. The fourth-order valence-corrected chi connectivity index (χ4v) is 4.34. The van der Waals surface area contributed by atoms with E-state index in [1.54, 1.807) is 0 Å². The molecule has 3 rings (SSSR count). The molecule has 0 amide bonds. The van der Waals surface area contributed by atoms with Gasteiger partial charge in [-0.1, -0.05) is 30.7 Å². The Morgan fingerprint density at radius 2 is 2.00 bits per heavy atom. The Morgan fingerprint density at radius 1 is 1.25 bits per heavy atom. The Kier molecular flexibility index (Phi) is 3.67. The Balaban J connectivity index is 1.77. The SMILES string of the molecule is Cc1ccc(NC2=NC3(CCCC3)CS2)cc1N(C)C. The topological polar surface area (TPSA) is 27.6 Å². The van der Waals surface area contributed by atoms with Gasteiger partial charge in [-0.05, 0) is 37.5 Å². The summed E-state index contributed by atoms with van der Waals surface area (Å²) in [6, 6.07) is 6.52. The van der Waals surface area contributed by atoms with Gasteiger partial charge in [-0.25, -0.2) is 0 Å². The van der Waals surface area contributed by atoms with E-state index in [9.17, 15) is 0 Å². The van der Waals surface area contributed by atoms with Crippen molar-refractivity contribution in [3.63, 3.8) is 0 Å². The van der Waals surface area contributed by atoms with Gasteiger partial charge in [-0.3, -0.25) is 4.99 Å². The normalized spacial score (nSPS) is 20.2. The first-order valence-corrected chi connectivity index (χ1v) is 8.34. The van der Waals surface area contributed by atoms with Crippen LogP contribution in [0.5, 0.6) is 0 Å². The lowest BCUT2D eigenvalue weighted by Gasteiger charge is -2.17. The molecular formula is C16H23N3S. The predicted octanol–water partition coefficient (Wildman–Crippen LogP) is 3.89. The maximum atomic E-state index is 4.97. The summed E-state index contributed by atoms with van der Waals surface area (Å²) in [6.45, 7) is 2.15. The third-order valence-corrected chi connectivity index (χ3v) is 5.44. The molecule has 0 atom stereocenters. The number of thioether (sulfide) groups is 1. The van der Waals surface area contributed by atoms with Crippen molar-refractivity contribution in [3.8, 4) is 0 Å². The smallest absolute Gasteiger partial charge is 0.161 e. The second-order valence-electron chi connectivity index (χ2n) is 6.16. The number of aryl methyl sites for hydroxylation is 1. The highest BCUT2D eigenvalue weighted by Gasteiger charge is 2.38. The summed E-state index contributed by atoms with van der Waals surface area (Å²) >= 11 is 1.88. The van der Waals surface area contributed by atoms with Crippen LogP contribution in [-0.2, 0) is 0 Å². The van der Waals surface area contributed by atoms with Crippen molar-refractivity contribution in [2.24, 2.45) is 4.99 Å². The summed E-state index contributed by atoms with van der Waals surface area (Å²) in [7, 11) is 4.17. The highest BCUT2D eigenvalue weighted by molar-refractivity contribution is 8.14. The number of aliphatic imine (C=N–C) groups is 1. The first-order chi connectivity index (χ1) is 9.58. The van der Waals surface area contributed by atoms with Gasteiger partial charge in [0, 0.05) is 31.2 Å². The number of amidine groups is 1. The first kappa shape index (κ1) is 13.8. The van der Waals surface area contributed by atoms with E-state index in [0.29, 0.717) is 0 Å². The minimum atomic E-state index is 0.252. The lowest BCUT2D eigenvalue weighted by atomic mass is 10.0. The van der Waals surface area contributed by atoms with Gasteiger partial charge in [0.05, 0.1) is 5.54 Å². The quantitative estimate of drug-likeness (QED) is 0.895. The standard InChI is InChI=1S/C16H23N3S/c1-12-6-7-13(10-14(12)19(2)3)17-15-18-16(11-20-15)8-4-5-9-16/h6-7,10H,4-5,8-9,11H2,1-3H3,(H,17,18). The molecule has 1 fully saturated rings. The van der Waals surface area contributed by atoms with Crippen molar-refractivity contribution >= 4 is 28.3 Å². The highest BCUT2D eigenvalue weighted by atomic mass is 32.2. The van der Waals surface area contributed by atoms with Crippen LogP contribution in [-0.4, -0.2) is 30.6 Å². The number of hydrogen-bond acceptors (Lipinski definition) is 4. The maximum Gasteiger partial charge on any atom is 0.161 e. The molecule has 108 valence electrons. The van der Waals surface area contributed by atoms with E-state index in [1.807, 2.05) is 11.8 Å². The van der Waals surface area contributed by atoms with E-state index in [1.165, 1.54) is 36.9 Å². The minimum Gasteiger partial charge on any atom is -0.377 e. The summed E-state index contributed by atoms with van der Waals surface area (Å²) in [4.78, 5) is 7.12. The van der Waals surface area contributed by atoms with E-state index in [4.69, 9.17) is 4.99 Å². The zero-order chi connectivity index (χ0) is 14.2. The first-order valence-electron chi connectivity index (χ1n) is 7.36. The van der Waals surface area contributed by atoms with Crippen LogP contribution in [0.3, 0.4) is 0 Å². The van der Waals surface area contributed by atoms with Crippen LogP contribution < -0.4 is 10.2 Å². The Bertz CT molecular complexity index is 531. The second kappa shape index (κ2) is 5.32. The Morgan fingerprint density at radius 3 is 2.70 bits per heavy atom. The van der Waals surface area contributed by atoms with E-state index >= 15 is 0 Å². The summed E-state index contributed by atoms with van der Waals surface area (Å²) in [5.74, 6) is 1.15. The van der Waals surface area contributed by atoms with Crippen molar-refractivity contribution in [1.82, 2.24) is 0 Å². The molecule has 1 aliphatic heterocycles. The monoisotopic (exact) mass is 289 g/mol. The molecule has 0 unspecified atom stereocenters. The molecule has 0 radical (unpaired) electrons. The van der Waals surface area contributed by atoms with Crippen LogP contribution in [0.4, 0.5) is 11.4 Å². The van der Waals surface area contributed by atoms with Crippen LogP contribution in [0.25, 0.3) is 0 Å².